The molecule has 2 aromatic rings. The third-order valence-electron chi connectivity index (χ3n) is 4.41. The van der Waals surface area contributed by atoms with Crippen molar-refractivity contribution in [3.8, 4) is 0 Å². The molecule has 6 heteroatoms. The standard InChI is InChI=1S/C19H24N4O2/c1-20-19(25)17-7-4-8-18(22-17)21-11-16(24)13-23-10-9-14-5-2-3-6-15(14)12-23/h2-8,16,24H,9-13H2,1H3,(H,20,25)(H,21,22)/t16-/m0/s1. The number of aliphatic hydroxyl groups is 1. The van der Waals surface area contributed by atoms with E-state index in [1.54, 1.807) is 25.2 Å². The van der Waals surface area contributed by atoms with Crippen molar-refractivity contribution < 1.29 is 9.90 Å². The third-order valence-corrected chi connectivity index (χ3v) is 4.41. The molecule has 1 aliphatic rings. The van der Waals surface area contributed by atoms with Gasteiger partial charge in [0.05, 0.1) is 6.10 Å². The maximum Gasteiger partial charge on any atom is 0.269 e. The molecule has 0 unspecified atom stereocenters. The van der Waals surface area contributed by atoms with Gasteiger partial charge in [0.15, 0.2) is 0 Å². The second-order valence-electron chi connectivity index (χ2n) is 6.28. The van der Waals surface area contributed by atoms with E-state index in [0.29, 0.717) is 24.6 Å². The zero-order valence-electron chi connectivity index (χ0n) is 14.4. The fraction of sp³-hybridized carbons (Fsp3) is 0.368. The largest absolute Gasteiger partial charge is 0.390 e. The molecule has 1 atom stereocenters. The Hall–Kier alpha value is -2.44. The lowest BCUT2D eigenvalue weighted by molar-refractivity contribution is 0.0958. The molecule has 0 fully saturated rings. The van der Waals surface area contributed by atoms with Crippen molar-refractivity contribution in [2.75, 3.05) is 32.0 Å². The van der Waals surface area contributed by atoms with E-state index in [9.17, 15) is 9.90 Å². The summed E-state index contributed by atoms with van der Waals surface area (Å²) in [6.07, 6.45) is 0.516. The highest BCUT2D eigenvalue weighted by Gasteiger charge is 2.18. The monoisotopic (exact) mass is 340 g/mol. The van der Waals surface area contributed by atoms with Gasteiger partial charge in [-0.1, -0.05) is 30.3 Å². The lowest BCUT2D eigenvalue weighted by Crippen LogP contribution is -2.39. The average molecular weight is 340 g/mol. The zero-order chi connectivity index (χ0) is 17.6. The summed E-state index contributed by atoms with van der Waals surface area (Å²) in [6, 6.07) is 13.7. The number of aromatic nitrogens is 1. The number of pyridine rings is 1. The quantitative estimate of drug-likeness (QED) is 0.738. The smallest absolute Gasteiger partial charge is 0.269 e. The fourth-order valence-electron chi connectivity index (χ4n) is 3.08. The van der Waals surface area contributed by atoms with E-state index in [1.165, 1.54) is 11.1 Å². The summed E-state index contributed by atoms with van der Waals surface area (Å²) in [6.45, 7) is 2.83. The van der Waals surface area contributed by atoms with Crippen LogP contribution < -0.4 is 10.6 Å². The second-order valence-corrected chi connectivity index (χ2v) is 6.28. The topological polar surface area (TPSA) is 77.5 Å². The van der Waals surface area contributed by atoms with Crippen molar-refractivity contribution in [2.45, 2.75) is 19.1 Å². The van der Waals surface area contributed by atoms with E-state index in [1.807, 2.05) is 0 Å². The van der Waals surface area contributed by atoms with E-state index in [4.69, 9.17) is 0 Å². The minimum Gasteiger partial charge on any atom is -0.390 e. The Balaban J connectivity index is 1.50. The van der Waals surface area contributed by atoms with E-state index in [2.05, 4.69) is 44.8 Å². The van der Waals surface area contributed by atoms with Crippen LogP contribution in [0.3, 0.4) is 0 Å². The van der Waals surface area contributed by atoms with Crippen molar-refractivity contribution in [3.05, 3.63) is 59.3 Å². The number of anilines is 1. The van der Waals surface area contributed by atoms with Crippen molar-refractivity contribution in [1.29, 1.82) is 0 Å². The lowest BCUT2D eigenvalue weighted by atomic mass is 10.00. The molecule has 0 saturated heterocycles. The summed E-state index contributed by atoms with van der Waals surface area (Å²) >= 11 is 0. The van der Waals surface area contributed by atoms with Gasteiger partial charge in [0, 0.05) is 33.2 Å². The molecule has 0 bridgehead atoms. The number of carbonyl (C=O) groups excluding carboxylic acids is 1. The van der Waals surface area contributed by atoms with Crippen LogP contribution in [0.15, 0.2) is 42.5 Å². The molecule has 1 aromatic carbocycles. The van der Waals surface area contributed by atoms with Crippen LogP contribution in [-0.2, 0) is 13.0 Å². The van der Waals surface area contributed by atoms with Crippen LogP contribution in [0.4, 0.5) is 5.82 Å². The van der Waals surface area contributed by atoms with Crippen molar-refractivity contribution in [3.63, 3.8) is 0 Å². The SMILES string of the molecule is CNC(=O)c1cccc(NC[C@H](O)CN2CCc3ccccc3C2)n1. The minimum atomic E-state index is -0.504. The van der Waals surface area contributed by atoms with Gasteiger partial charge in [-0.2, -0.15) is 0 Å². The highest BCUT2D eigenvalue weighted by Crippen LogP contribution is 2.18. The molecule has 0 saturated carbocycles. The number of rotatable bonds is 6. The Bertz CT molecular complexity index is 735. The molecular formula is C19H24N4O2. The number of nitrogens with one attached hydrogen (secondary N) is 2. The van der Waals surface area contributed by atoms with Crippen molar-refractivity contribution in [2.24, 2.45) is 0 Å². The maximum absolute atomic E-state index is 11.6. The Morgan fingerprint density at radius 3 is 2.84 bits per heavy atom. The van der Waals surface area contributed by atoms with Crippen LogP contribution in [0.2, 0.25) is 0 Å². The van der Waals surface area contributed by atoms with Crippen LogP contribution in [0.1, 0.15) is 21.6 Å². The van der Waals surface area contributed by atoms with Crippen molar-refractivity contribution in [1.82, 2.24) is 15.2 Å². The average Bonchev–Trinajstić information content (AvgIpc) is 2.66. The molecular weight excluding hydrogens is 316 g/mol. The Morgan fingerprint density at radius 2 is 2.04 bits per heavy atom. The molecule has 6 nitrogen and oxygen atoms in total. The van der Waals surface area contributed by atoms with Crippen LogP contribution in [-0.4, -0.2) is 53.7 Å². The van der Waals surface area contributed by atoms with E-state index in [0.717, 1.165) is 19.5 Å². The molecule has 1 aromatic heterocycles. The molecule has 0 aliphatic carbocycles. The number of fused-ring (bicyclic) bond motifs is 1. The van der Waals surface area contributed by atoms with Gasteiger partial charge in [-0.05, 0) is 29.7 Å². The molecule has 0 spiro atoms. The highest BCUT2D eigenvalue weighted by molar-refractivity contribution is 5.92. The molecule has 132 valence electrons. The number of β-amino-alcohol motifs (C(OH)–C–C–N with tert-alkyl or cyclic N) is 1. The van der Waals surface area contributed by atoms with Gasteiger partial charge < -0.3 is 15.7 Å². The maximum atomic E-state index is 11.6. The lowest BCUT2D eigenvalue weighted by Gasteiger charge is -2.30. The zero-order valence-corrected chi connectivity index (χ0v) is 14.4. The first-order valence-electron chi connectivity index (χ1n) is 8.56. The minimum absolute atomic E-state index is 0.226. The third kappa shape index (κ3) is 4.55. The van der Waals surface area contributed by atoms with Crippen LogP contribution in [0.25, 0.3) is 0 Å². The number of benzene rings is 1. The number of aliphatic hydroxyl groups excluding tert-OH is 1. The highest BCUT2D eigenvalue weighted by atomic mass is 16.3. The molecule has 25 heavy (non-hydrogen) atoms. The van der Waals surface area contributed by atoms with Gasteiger partial charge >= 0.3 is 0 Å². The van der Waals surface area contributed by atoms with Gasteiger partial charge in [-0.3, -0.25) is 9.69 Å². The molecule has 2 heterocycles. The predicted octanol–water partition coefficient (Wildman–Crippen LogP) is 1.27. The molecule has 3 rings (SSSR count). The fourth-order valence-corrected chi connectivity index (χ4v) is 3.08. The number of hydrogen-bond acceptors (Lipinski definition) is 5. The second kappa shape index (κ2) is 8.09. The van der Waals surface area contributed by atoms with Gasteiger partial charge in [-0.25, -0.2) is 4.98 Å². The summed E-state index contributed by atoms with van der Waals surface area (Å²) in [5, 5.41) is 16.0. The first-order valence-corrected chi connectivity index (χ1v) is 8.56. The van der Waals surface area contributed by atoms with Gasteiger partial charge in [0.25, 0.3) is 5.91 Å². The summed E-state index contributed by atoms with van der Waals surface area (Å²) in [5.74, 6) is 0.361. The number of carbonyl (C=O) groups is 1. The van der Waals surface area contributed by atoms with Crippen LogP contribution in [0.5, 0.6) is 0 Å². The van der Waals surface area contributed by atoms with Crippen LogP contribution in [0, 0.1) is 0 Å². The predicted molar refractivity (Wildman–Crippen MR) is 97.5 cm³/mol. The van der Waals surface area contributed by atoms with Gasteiger partial charge in [-0.15, -0.1) is 0 Å². The Morgan fingerprint density at radius 1 is 1.24 bits per heavy atom. The summed E-state index contributed by atoms with van der Waals surface area (Å²) in [4.78, 5) is 18.1. The molecule has 0 radical (unpaired) electrons. The van der Waals surface area contributed by atoms with E-state index >= 15 is 0 Å². The summed E-state index contributed by atoms with van der Waals surface area (Å²) in [5.41, 5.74) is 3.10. The number of nitrogens with zero attached hydrogens (tertiary/aromatic N) is 2. The molecule has 1 aliphatic heterocycles. The summed E-state index contributed by atoms with van der Waals surface area (Å²) < 4.78 is 0. The van der Waals surface area contributed by atoms with Crippen LogP contribution >= 0.6 is 0 Å². The Labute approximate surface area is 147 Å². The van der Waals surface area contributed by atoms with Crippen molar-refractivity contribution >= 4 is 11.7 Å². The van der Waals surface area contributed by atoms with Gasteiger partial charge in [0.1, 0.15) is 11.5 Å². The van der Waals surface area contributed by atoms with E-state index in [-0.39, 0.29) is 5.91 Å². The van der Waals surface area contributed by atoms with E-state index < -0.39 is 6.10 Å². The molecule has 1 amide bonds. The molecule has 3 N–H and O–H groups in total. The normalized spacial score (nSPS) is 15.3. The first-order chi connectivity index (χ1) is 12.2. The summed E-state index contributed by atoms with van der Waals surface area (Å²) in [7, 11) is 1.57. The number of amides is 1. The van der Waals surface area contributed by atoms with Gasteiger partial charge in [0.2, 0.25) is 0 Å². The Kier molecular flexibility index (Phi) is 5.63. The first kappa shape index (κ1) is 17.4. The number of hydrogen-bond donors (Lipinski definition) is 3.